The zero-order chi connectivity index (χ0) is 18.0. The number of allylic oxidation sites excluding steroid dienone is 2. The van der Waals surface area contributed by atoms with Crippen LogP contribution in [-0.4, -0.2) is 37.3 Å². The van der Waals surface area contributed by atoms with Crippen molar-refractivity contribution in [2.45, 2.75) is 6.42 Å². The predicted molar refractivity (Wildman–Crippen MR) is 93.7 cm³/mol. The van der Waals surface area contributed by atoms with Gasteiger partial charge in [-0.05, 0) is 42.2 Å². The molecule has 0 N–H and O–H groups in total. The number of hydrogen-bond donors (Lipinski definition) is 0. The van der Waals surface area contributed by atoms with Crippen molar-refractivity contribution in [3.63, 3.8) is 0 Å². The van der Waals surface area contributed by atoms with Crippen molar-refractivity contribution in [2.75, 3.05) is 14.2 Å². The Hall–Kier alpha value is -2.63. The van der Waals surface area contributed by atoms with E-state index in [-0.39, 0.29) is 35.5 Å². The lowest BCUT2D eigenvalue weighted by atomic mass is 9.63. The van der Waals surface area contributed by atoms with E-state index >= 15 is 0 Å². The Morgan fingerprint density at radius 1 is 1.04 bits per heavy atom. The summed E-state index contributed by atoms with van der Waals surface area (Å²) in [4.78, 5) is 25.8. The zero-order valence-electron chi connectivity index (χ0n) is 14.7. The third-order valence-corrected chi connectivity index (χ3v) is 6.39. The number of carbonyl (C=O) groups excluding carboxylic acids is 2. The Labute approximate surface area is 151 Å². The Bertz CT molecular complexity index is 825. The summed E-state index contributed by atoms with van der Waals surface area (Å²) in [7, 11) is 3.14. The molecule has 0 radical (unpaired) electrons. The van der Waals surface area contributed by atoms with E-state index in [0.29, 0.717) is 28.9 Å². The quantitative estimate of drug-likeness (QED) is 0.473. The van der Waals surface area contributed by atoms with Crippen molar-refractivity contribution in [1.29, 1.82) is 0 Å². The summed E-state index contributed by atoms with van der Waals surface area (Å²) >= 11 is 0. The zero-order valence-corrected chi connectivity index (χ0v) is 14.7. The maximum atomic E-state index is 12.9. The molecule has 1 aliphatic heterocycles. The van der Waals surface area contributed by atoms with Gasteiger partial charge in [0.2, 0.25) is 0 Å². The van der Waals surface area contributed by atoms with Gasteiger partial charge in [0.1, 0.15) is 11.5 Å². The Morgan fingerprint density at radius 2 is 1.69 bits per heavy atom. The van der Waals surface area contributed by atoms with Crippen LogP contribution in [0.4, 0.5) is 0 Å². The summed E-state index contributed by atoms with van der Waals surface area (Å²) in [5, 5.41) is 5.32. The normalized spacial score (nSPS) is 36.5. The summed E-state index contributed by atoms with van der Waals surface area (Å²) in [6.07, 6.45) is 6.99. The van der Waals surface area contributed by atoms with Crippen molar-refractivity contribution < 1.29 is 19.1 Å². The van der Waals surface area contributed by atoms with Gasteiger partial charge in [-0.15, -0.1) is 0 Å². The maximum Gasteiger partial charge on any atom is 0.254 e. The van der Waals surface area contributed by atoms with Crippen LogP contribution in [0.3, 0.4) is 0 Å². The highest BCUT2D eigenvalue weighted by Gasteiger charge is 2.67. The number of benzene rings is 1. The third-order valence-electron chi connectivity index (χ3n) is 6.39. The highest BCUT2D eigenvalue weighted by atomic mass is 16.5. The molecule has 4 aliphatic carbocycles. The number of carbonyl (C=O) groups is 2. The van der Waals surface area contributed by atoms with Gasteiger partial charge < -0.3 is 9.47 Å². The molecule has 6 nitrogen and oxygen atoms in total. The molecule has 6 rings (SSSR count). The lowest BCUT2D eigenvalue weighted by Crippen LogP contribution is -2.40. The summed E-state index contributed by atoms with van der Waals surface area (Å²) in [5.74, 6) is 2.08. The van der Waals surface area contributed by atoms with Crippen molar-refractivity contribution in [3.05, 3.63) is 35.9 Å². The van der Waals surface area contributed by atoms with E-state index in [4.69, 9.17) is 9.47 Å². The molecular formula is C20H20N2O4. The lowest BCUT2D eigenvalue weighted by molar-refractivity contribution is -0.140. The minimum Gasteiger partial charge on any atom is -0.497 e. The highest BCUT2D eigenvalue weighted by molar-refractivity contribution is 6.06. The van der Waals surface area contributed by atoms with Crippen LogP contribution in [0.25, 0.3) is 0 Å². The largest absolute Gasteiger partial charge is 0.497 e. The fourth-order valence-electron chi connectivity index (χ4n) is 5.10. The lowest BCUT2D eigenvalue weighted by Gasteiger charge is -2.37. The molecule has 6 atom stereocenters. The first-order valence-corrected chi connectivity index (χ1v) is 8.96. The molecule has 0 aromatic heterocycles. The molecule has 134 valence electrons. The fraction of sp³-hybridized carbons (Fsp3) is 0.450. The number of methoxy groups -OCH3 is 2. The highest BCUT2D eigenvalue weighted by Crippen LogP contribution is 2.65. The second-order valence-electron chi connectivity index (χ2n) is 7.50. The van der Waals surface area contributed by atoms with Crippen LogP contribution < -0.4 is 9.47 Å². The Kier molecular flexibility index (Phi) is 3.26. The predicted octanol–water partition coefficient (Wildman–Crippen LogP) is 2.09. The maximum absolute atomic E-state index is 12.9. The van der Waals surface area contributed by atoms with Gasteiger partial charge in [0.25, 0.3) is 11.8 Å². The van der Waals surface area contributed by atoms with Gasteiger partial charge in [0, 0.05) is 11.6 Å². The van der Waals surface area contributed by atoms with Crippen molar-refractivity contribution in [1.82, 2.24) is 5.01 Å². The van der Waals surface area contributed by atoms with Crippen LogP contribution in [-0.2, 0) is 9.59 Å². The average molecular weight is 352 g/mol. The number of amides is 2. The summed E-state index contributed by atoms with van der Waals surface area (Å²) in [6.45, 7) is 0. The van der Waals surface area contributed by atoms with Gasteiger partial charge in [0.15, 0.2) is 0 Å². The molecule has 2 amide bonds. The smallest absolute Gasteiger partial charge is 0.254 e. The van der Waals surface area contributed by atoms with Gasteiger partial charge in [-0.1, -0.05) is 12.2 Å². The molecule has 3 fully saturated rings. The van der Waals surface area contributed by atoms with Crippen molar-refractivity contribution in [3.8, 4) is 11.5 Å². The van der Waals surface area contributed by atoms with E-state index in [0.717, 1.165) is 11.4 Å². The number of hydrogen-bond acceptors (Lipinski definition) is 5. The average Bonchev–Trinajstić information content (AvgIpc) is 3.45. The van der Waals surface area contributed by atoms with Crippen LogP contribution >= 0.6 is 0 Å². The molecule has 0 spiro atoms. The van der Waals surface area contributed by atoms with Gasteiger partial charge in [-0.2, -0.15) is 10.1 Å². The van der Waals surface area contributed by atoms with E-state index in [2.05, 4.69) is 17.3 Å². The molecule has 1 aromatic rings. The minimum atomic E-state index is -0.226. The number of imide groups is 1. The second kappa shape index (κ2) is 5.43. The molecule has 0 unspecified atom stereocenters. The van der Waals surface area contributed by atoms with Crippen molar-refractivity contribution >= 4 is 18.0 Å². The number of rotatable bonds is 4. The van der Waals surface area contributed by atoms with Gasteiger partial charge in [0.05, 0.1) is 32.3 Å². The van der Waals surface area contributed by atoms with E-state index < -0.39 is 0 Å². The second-order valence-corrected chi connectivity index (χ2v) is 7.50. The summed E-state index contributed by atoms with van der Waals surface area (Å²) in [5.41, 5.74) is 0.688. The molecule has 5 aliphatic rings. The van der Waals surface area contributed by atoms with E-state index in [1.54, 1.807) is 32.4 Å². The Morgan fingerprint density at radius 3 is 2.27 bits per heavy atom. The molecule has 26 heavy (non-hydrogen) atoms. The molecule has 2 bridgehead atoms. The summed E-state index contributed by atoms with van der Waals surface area (Å²) in [6, 6.07) is 5.32. The fourth-order valence-corrected chi connectivity index (χ4v) is 5.10. The number of hydrazone groups is 1. The van der Waals surface area contributed by atoms with E-state index in [1.807, 2.05) is 0 Å². The van der Waals surface area contributed by atoms with Crippen LogP contribution in [0.15, 0.2) is 35.5 Å². The van der Waals surface area contributed by atoms with Gasteiger partial charge >= 0.3 is 0 Å². The van der Waals surface area contributed by atoms with Gasteiger partial charge in [-0.3, -0.25) is 9.59 Å². The van der Waals surface area contributed by atoms with E-state index in [9.17, 15) is 9.59 Å². The van der Waals surface area contributed by atoms with Crippen LogP contribution in [0.5, 0.6) is 11.5 Å². The molecule has 2 saturated carbocycles. The first kappa shape index (κ1) is 15.6. The molecule has 1 saturated heterocycles. The van der Waals surface area contributed by atoms with Crippen LogP contribution in [0, 0.1) is 35.5 Å². The van der Waals surface area contributed by atoms with E-state index in [1.165, 1.54) is 6.21 Å². The number of ether oxygens (including phenoxy) is 2. The molecule has 1 heterocycles. The summed E-state index contributed by atoms with van der Waals surface area (Å²) < 4.78 is 10.5. The van der Waals surface area contributed by atoms with Gasteiger partial charge in [-0.25, -0.2) is 0 Å². The molecule has 6 heteroatoms. The monoisotopic (exact) mass is 352 g/mol. The molecule has 1 aromatic carbocycles. The van der Waals surface area contributed by atoms with Crippen LogP contribution in [0.1, 0.15) is 12.0 Å². The number of nitrogens with zero attached hydrogens (tertiary/aromatic N) is 2. The Balaban J connectivity index is 1.43. The first-order valence-electron chi connectivity index (χ1n) is 8.96. The van der Waals surface area contributed by atoms with Crippen LogP contribution in [0.2, 0.25) is 0 Å². The SMILES string of the molecule is COc1ccc(/C=N\N2C(=O)[C@@H]3[C@@H]4C=C[C@H]([C@@H]5C[C@H]45)[C@@H]3C2=O)c(OC)c1. The standard InChI is InChI=1S/C20H20N2O4/c1-25-11-4-3-10(16(7-11)26-2)9-21-22-19(23)17-12-5-6-13(15-8-14(12)15)18(17)20(22)24/h3-7,9,12-15,17-18H,8H2,1-2H3/b21-9-/t12-,13-,14-,15+,17-,18+/m1/s1. The third kappa shape index (κ3) is 2.01. The minimum absolute atomic E-state index is 0.159. The first-order chi connectivity index (χ1) is 12.6. The van der Waals surface area contributed by atoms with Crippen molar-refractivity contribution in [2.24, 2.45) is 40.6 Å². The topological polar surface area (TPSA) is 68.2 Å². The molecular weight excluding hydrogens is 332 g/mol.